The zero-order valence-electron chi connectivity index (χ0n) is 20.5. The van der Waals surface area contributed by atoms with Crippen molar-refractivity contribution in [2.24, 2.45) is 0 Å². The monoisotopic (exact) mass is 495 g/mol. The molecule has 0 fully saturated rings. The summed E-state index contributed by atoms with van der Waals surface area (Å²) in [7, 11) is -2.24. The Morgan fingerprint density at radius 1 is 0.568 bits per heavy atom. The van der Waals surface area contributed by atoms with Gasteiger partial charge in [-0.1, -0.05) is 0 Å². The van der Waals surface area contributed by atoms with Crippen LogP contribution in [-0.2, 0) is 0 Å². The van der Waals surface area contributed by atoms with E-state index in [0.29, 0.717) is 0 Å². The number of pyridine rings is 2. The number of aromatic nitrogens is 3. The second-order valence-electron chi connectivity index (χ2n) is 9.66. The van der Waals surface area contributed by atoms with Crippen LogP contribution in [0.2, 0.25) is 0 Å². The maximum absolute atomic E-state index is 5.25. The number of hydrogen-bond donors (Lipinski definition) is 0. The van der Waals surface area contributed by atoms with E-state index in [1.165, 1.54) is 15.9 Å². The van der Waals surface area contributed by atoms with Crippen LogP contribution in [-0.4, -0.2) is 21.0 Å². The standard InChI is InChI=1S/C33H26N3P/c1-37(25-14-4-2-5-15-25,26-16-6-3-7-17-26)27-18-12-13-24(23-27)31-28-19-8-9-20-29(28)32-33(35-31)36-22-11-10-21-30(36)34-32/h2-23,37H,1H3. The minimum absolute atomic E-state index is 0.890. The van der Waals surface area contributed by atoms with Crippen LogP contribution >= 0.6 is 7.26 Å². The van der Waals surface area contributed by atoms with Crippen LogP contribution in [0.4, 0.5) is 0 Å². The molecule has 3 heterocycles. The first-order valence-electron chi connectivity index (χ1n) is 12.6. The Labute approximate surface area is 216 Å². The van der Waals surface area contributed by atoms with Crippen molar-refractivity contribution >= 4 is 50.8 Å². The van der Waals surface area contributed by atoms with E-state index in [1.54, 1.807) is 0 Å². The van der Waals surface area contributed by atoms with Crippen molar-refractivity contribution in [3.05, 3.63) is 134 Å². The van der Waals surface area contributed by atoms with Gasteiger partial charge in [0.25, 0.3) is 0 Å². The number of benzene rings is 4. The third-order valence-corrected chi connectivity index (χ3v) is 12.0. The summed E-state index contributed by atoms with van der Waals surface area (Å²) in [5, 5.41) is 6.41. The van der Waals surface area contributed by atoms with Crippen molar-refractivity contribution in [1.82, 2.24) is 14.4 Å². The Morgan fingerprint density at radius 3 is 1.92 bits per heavy atom. The van der Waals surface area contributed by atoms with Crippen molar-refractivity contribution in [1.29, 1.82) is 0 Å². The fraction of sp³-hybridized carbons (Fsp3) is 0.0303. The van der Waals surface area contributed by atoms with Gasteiger partial charge in [0.05, 0.1) is 0 Å². The molecule has 0 aliphatic rings. The topological polar surface area (TPSA) is 30.2 Å². The Kier molecular flexibility index (Phi) is 5.13. The normalized spacial score (nSPS) is 12.4. The molecule has 178 valence electrons. The van der Waals surface area contributed by atoms with E-state index >= 15 is 0 Å². The summed E-state index contributed by atoms with van der Waals surface area (Å²) >= 11 is 0. The van der Waals surface area contributed by atoms with Crippen molar-refractivity contribution in [2.45, 2.75) is 0 Å². The molecule has 0 bridgehead atoms. The molecule has 7 aromatic rings. The van der Waals surface area contributed by atoms with Gasteiger partial charge < -0.3 is 0 Å². The number of imidazole rings is 1. The van der Waals surface area contributed by atoms with E-state index < -0.39 is 7.26 Å². The predicted molar refractivity (Wildman–Crippen MR) is 159 cm³/mol. The Balaban J connectivity index is 1.50. The summed E-state index contributed by atoms with van der Waals surface area (Å²) < 4.78 is 2.09. The molecular formula is C33H26N3P. The molecule has 0 atom stereocenters. The Morgan fingerprint density at radius 2 is 1.19 bits per heavy atom. The van der Waals surface area contributed by atoms with Gasteiger partial charge in [0, 0.05) is 0 Å². The van der Waals surface area contributed by atoms with Gasteiger partial charge in [-0.2, -0.15) is 0 Å². The zero-order chi connectivity index (χ0) is 24.8. The Hall–Kier alpha value is -4.33. The molecule has 4 aromatic carbocycles. The van der Waals surface area contributed by atoms with Crippen LogP contribution in [0, 0.1) is 0 Å². The van der Waals surface area contributed by atoms with Gasteiger partial charge in [-0.15, -0.1) is 0 Å². The van der Waals surface area contributed by atoms with Gasteiger partial charge in [0.1, 0.15) is 0 Å². The second-order valence-corrected chi connectivity index (χ2v) is 13.6. The van der Waals surface area contributed by atoms with Crippen molar-refractivity contribution in [2.75, 3.05) is 6.66 Å². The van der Waals surface area contributed by atoms with E-state index in [2.05, 4.69) is 120 Å². The van der Waals surface area contributed by atoms with E-state index in [-0.39, 0.29) is 0 Å². The average molecular weight is 496 g/mol. The summed E-state index contributed by atoms with van der Waals surface area (Å²) in [6.07, 6.45) is 2.04. The van der Waals surface area contributed by atoms with Gasteiger partial charge in [0.15, 0.2) is 0 Å². The molecule has 0 N–H and O–H groups in total. The number of nitrogens with zero attached hydrogens (tertiary/aromatic N) is 3. The first kappa shape index (κ1) is 21.9. The van der Waals surface area contributed by atoms with Crippen molar-refractivity contribution in [3.8, 4) is 11.3 Å². The molecular weight excluding hydrogens is 469 g/mol. The number of hydrogen-bond acceptors (Lipinski definition) is 2. The molecule has 7 rings (SSSR count). The first-order chi connectivity index (χ1) is 18.2. The van der Waals surface area contributed by atoms with Gasteiger partial charge in [-0.05, 0) is 0 Å². The molecule has 37 heavy (non-hydrogen) atoms. The molecule has 0 spiro atoms. The molecule has 0 aliphatic heterocycles. The molecule has 0 radical (unpaired) electrons. The summed E-state index contributed by atoms with van der Waals surface area (Å²) in [5.74, 6) is 0. The average Bonchev–Trinajstić information content (AvgIpc) is 3.36. The van der Waals surface area contributed by atoms with Crippen LogP contribution in [0.15, 0.2) is 134 Å². The predicted octanol–water partition coefficient (Wildman–Crippen LogP) is 6.36. The molecule has 0 saturated carbocycles. The van der Waals surface area contributed by atoms with Gasteiger partial charge >= 0.3 is 217 Å². The summed E-state index contributed by atoms with van der Waals surface area (Å²) in [4.78, 5) is 10.2. The fourth-order valence-corrected chi connectivity index (χ4v) is 9.17. The minimum atomic E-state index is -2.24. The Bertz CT molecular complexity index is 1850. The SMILES string of the molecule is C[PH](c1ccccc1)(c1ccccc1)c1cccc(-c2nc3c(nc4ccccn43)c3ccccc23)c1. The van der Waals surface area contributed by atoms with Crippen LogP contribution in [0.25, 0.3) is 38.8 Å². The van der Waals surface area contributed by atoms with Gasteiger partial charge in [-0.25, -0.2) is 0 Å². The number of rotatable bonds is 4. The van der Waals surface area contributed by atoms with Gasteiger partial charge in [-0.3, -0.25) is 0 Å². The molecule has 0 aliphatic carbocycles. The summed E-state index contributed by atoms with van der Waals surface area (Å²) in [6, 6.07) is 45.6. The van der Waals surface area contributed by atoms with Gasteiger partial charge in [0.2, 0.25) is 0 Å². The van der Waals surface area contributed by atoms with Crippen molar-refractivity contribution in [3.63, 3.8) is 0 Å². The molecule has 4 heteroatoms. The van der Waals surface area contributed by atoms with Crippen LogP contribution in [0.1, 0.15) is 0 Å². The maximum atomic E-state index is 5.25. The van der Waals surface area contributed by atoms with E-state index in [9.17, 15) is 0 Å². The molecule has 0 amide bonds. The fourth-order valence-electron chi connectivity index (χ4n) is 5.57. The second kappa shape index (κ2) is 8.65. The number of fused-ring (bicyclic) bond motifs is 5. The van der Waals surface area contributed by atoms with Crippen LogP contribution < -0.4 is 15.9 Å². The third kappa shape index (κ3) is 3.47. The van der Waals surface area contributed by atoms with E-state index in [4.69, 9.17) is 9.97 Å². The quantitative estimate of drug-likeness (QED) is 0.266. The van der Waals surface area contributed by atoms with E-state index in [1.807, 2.05) is 24.4 Å². The summed E-state index contributed by atoms with van der Waals surface area (Å²) in [5.41, 5.74) is 4.87. The first-order valence-corrected chi connectivity index (χ1v) is 15.1. The zero-order valence-corrected chi connectivity index (χ0v) is 21.5. The van der Waals surface area contributed by atoms with E-state index in [0.717, 1.165) is 38.8 Å². The summed E-state index contributed by atoms with van der Waals surface area (Å²) in [6.45, 7) is 2.45. The molecule has 0 unspecified atom stereocenters. The molecule has 3 nitrogen and oxygen atoms in total. The molecule has 0 saturated heterocycles. The van der Waals surface area contributed by atoms with Crippen LogP contribution in [0.5, 0.6) is 0 Å². The van der Waals surface area contributed by atoms with Crippen LogP contribution in [0.3, 0.4) is 0 Å². The third-order valence-electron chi connectivity index (χ3n) is 7.58. The molecule has 3 aromatic heterocycles. The van der Waals surface area contributed by atoms with Crippen molar-refractivity contribution < 1.29 is 0 Å².